The van der Waals surface area contributed by atoms with Crippen molar-refractivity contribution in [2.75, 3.05) is 6.54 Å². The van der Waals surface area contributed by atoms with Crippen molar-refractivity contribution in [3.05, 3.63) is 46.2 Å². The molecule has 0 radical (unpaired) electrons. The molecule has 0 aliphatic carbocycles. The maximum Gasteiger partial charge on any atom is 0.254 e. The number of amides is 1. The van der Waals surface area contributed by atoms with E-state index in [-0.39, 0.29) is 17.8 Å². The number of fused-ring (bicyclic) bond motifs is 1. The number of nitrogens with zero attached hydrogens (tertiary/aromatic N) is 1. The Morgan fingerprint density at radius 3 is 2.92 bits per heavy atom. The molecule has 1 amide bonds. The molecule has 0 bridgehead atoms. The SMILES string of the molecule is CC1(C)O[C@@H]2C(=O)N(Cc3cc(F)ccc3Br)CC/C=C\C[C@H]2O1. The van der Waals surface area contributed by atoms with Gasteiger partial charge in [0.2, 0.25) is 0 Å². The van der Waals surface area contributed by atoms with E-state index in [4.69, 9.17) is 9.47 Å². The second-order valence-corrected chi connectivity index (χ2v) is 7.44. The van der Waals surface area contributed by atoms with E-state index in [2.05, 4.69) is 22.0 Å². The molecule has 2 heterocycles. The van der Waals surface area contributed by atoms with Crippen LogP contribution < -0.4 is 0 Å². The minimum absolute atomic E-state index is 0.106. The van der Waals surface area contributed by atoms with Gasteiger partial charge in [0.25, 0.3) is 5.91 Å². The molecule has 3 rings (SSSR count). The number of benzene rings is 1. The van der Waals surface area contributed by atoms with E-state index < -0.39 is 11.9 Å². The van der Waals surface area contributed by atoms with Crippen molar-refractivity contribution in [3.8, 4) is 0 Å². The number of halogens is 2. The van der Waals surface area contributed by atoms with Gasteiger partial charge < -0.3 is 14.4 Å². The van der Waals surface area contributed by atoms with Gasteiger partial charge in [-0.3, -0.25) is 4.79 Å². The Balaban J connectivity index is 1.85. The van der Waals surface area contributed by atoms with E-state index in [1.165, 1.54) is 12.1 Å². The smallest absolute Gasteiger partial charge is 0.254 e. The maximum atomic E-state index is 13.5. The molecule has 1 fully saturated rings. The fourth-order valence-electron chi connectivity index (χ4n) is 3.11. The number of rotatable bonds is 2. The normalized spacial score (nSPS) is 28.0. The summed E-state index contributed by atoms with van der Waals surface area (Å²) in [5.41, 5.74) is 0.737. The largest absolute Gasteiger partial charge is 0.344 e. The van der Waals surface area contributed by atoms with Crippen molar-refractivity contribution in [2.45, 2.75) is 51.2 Å². The third kappa shape index (κ3) is 3.87. The second kappa shape index (κ2) is 6.94. The van der Waals surface area contributed by atoms with Crippen LogP contribution >= 0.6 is 15.9 Å². The molecule has 6 heteroatoms. The van der Waals surface area contributed by atoms with Gasteiger partial charge in [0.05, 0.1) is 6.10 Å². The third-order valence-electron chi connectivity index (χ3n) is 4.21. The molecule has 4 nitrogen and oxygen atoms in total. The van der Waals surface area contributed by atoms with Crippen LogP contribution in [-0.2, 0) is 20.8 Å². The molecule has 1 aromatic rings. The molecule has 0 spiro atoms. The van der Waals surface area contributed by atoms with Crippen molar-refractivity contribution >= 4 is 21.8 Å². The lowest BCUT2D eigenvalue weighted by atomic mass is 10.1. The molecule has 0 aromatic heterocycles. The molecule has 0 saturated carbocycles. The molecular weight excluding hydrogens is 377 g/mol. The first-order valence-electron chi connectivity index (χ1n) is 8.09. The van der Waals surface area contributed by atoms with Gasteiger partial charge in [-0.1, -0.05) is 28.1 Å². The van der Waals surface area contributed by atoms with Crippen LogP contribution in [-0.4, -0.2) is 35.3 Å². The van der Waals surface area contributed by atoms with Crippen LogP contribution in [0.25, 0.3) is 0 Å². The summed E-state index contributed by atoms with van der Waals surface area (Å²) < 4.78 is 26.0. The predicted octanol–water partition coefficient (Wildman–Crippen LogP) is 3.79. The highest BCUT2D eigenvalue weighted by molar-refractivity contribution is 9.10. The zero-order valence-electron chi connectivity index (χ0n) is 13.8. The molecular formula is C18H21BrFNO3. The lowest BCUT2D eigenvalue weighted by molar-refractivity contribution is -0.162. The van der Waals surface area contributed by atoms with Crippen LogP contribution in [0, 0.1) is 5.82 Å². The minimum Gasteiger partial charge on any atom is -0.344 e. The summed E-state index contributed by atoms with van der Waals surface area (Å²) in [4.78, 5) is 14.7. The lowest BCUT2D eigenvalue weighted by Crippen LogP contribution is -2.43. The first-order valence-corrected chi connectivity index (χ1v) is 8.88. The summed E-state index contributed by atoms with van der Waals surface area (Å²) >= 11 is 3.43. The molecule has 1 saturated heterocycles. The summed E-state index contributed by atoms with van der Waals surface area (Å²) in [6.07, 6.45) is 4.57. The van der Waals surface area contributed by atoms with Crippen molar-refractivity contribution in [2.24, 2.45) is 0 Å². The second-order valence-electron chi connectivity index (χ2n) is 6.59. The number of hydrogen-bond donors (Lipinski definition) is 0. The summed E-state index contributed by atoms with van der Waals surface area (Å²) in [6.45, 7) is 4.52. The Kier molecular flexibility index (Phi) is 5.08. The Morgan fingerprint density at radius 1 is 1.33 bits per heavy atom. The van der Waals surface area contributed by atoms with E-state index in [9.17, 15) is 9.18 Å². The summed E-state index contributed by atoms with van der Waals surface area (Å²) in [7, 11) is 0. The van der Waals surface area contributed by atoms with Crippen LogP contribution in [0.2, 0.25) is 0 Å². The Hall–Kier alpha value is -1.24. The molecule has 2 aliphatic rings. The summed E-state index contributed by atoms with van der Waals surface area (Å²) in [6, 6.07) is 4.50. The first kappa shape index (κ1) is 17.6. The molecule has 2 aliphatic heterocycles. The van der Waals surface area contributed by atoms with Crippen molar-refractivity contribution < 1.29 is 18.7 Å². The topological polar surface area (TPSA) is 38.8 Å². The maximum absolute atomic E-state index is 13.5. The highest BCUT2D eigenvalue weighted by Gasteiger charge is 2.46. The quantitative estimate of drug-likeness (QED) is 0.712. The third-order valence-corrected chi connectivity index (χ3v) is 4.98. The van der Waals surface area contributed by atoms with E-state index >= 15 is 0 Å². The van der Waals surface area contributed by atoms with E-state index in [0.29, 0.717) is 19.5 Å². The molecule has 2 atom stereocenters. The lowest BCUT2D eigenvalue weighted by Gasteiger charge is -2.26. The Labute approximate surface area is 149 Å². The fraction of sp³-hybridized carbons (Fsp3) is 0.500. The summed E-state index contributed by atoms with van der Waals surface area (Å²) in [5, 5.41) is 0. The summed E-state index contributed by atoms with van der Waals surface area (Å²) in [5.74, 6) is -1.20. The zero-order valence-corrected chi connectivity index (χ0v) is 15.4. The number of hydrogen-bond acceptors (Lipinski definition) is 3. The van der Waals surface area contributed by atoms with Crippen LogP contribution in [0.4, 0.5) is 4.39 Å². The first-order chi connectivity index (χ1) is 11.4. The van der Waals surface area contributed by atoms with E-state index in [1.54, 1.807) is 11.0 Å². The van der Waals surface area contributed by atoms with Crippen molar-refractivity contribution in [1.29, 1.82) is 0 Å². The fourth-order valence-corrected chi connectivity index (χ4v) is 3.48. The van der Waals surface area contributed by atoms with Gasteiger partial charge in [0, 0.05) is 17.6 Å². The Morgan fingerprint density at radius 2 is 2.12 bits per heavy atom. The van der Waals surface area contributed by atoms with Gasteiger partial charge in [-0.25, -0.2) is 4.39 Å². The van der Waals surface area contributed by atoms with Gasteiger partial charge in [0.1, 0.15) is 5.82 Å². The van der Waals surface area contributed by atoms with Gasteiger partial charge in [-0.05, 0) is 50.5 Å². The van der Waals surface area contributed by atoms with Crippen molar-refractivity contribution in [3.63, 3.8) is 0 Å². The van der Waals surface area contributed by atoms with Gasteiger partial charge in [-0.15, -0.1) is 0 Å². The van der Waals surface area contributed by atoms with E-state index in [0.717, 1.165) is 16.5 Å². The molecule has 130 valence electrons. The van der Waals surface area contributed by atoms with Gasteiger partial charge >= 0.3 is 0 Å². The number of carbonyl (C=O) groups is 1. The van der Waals surface area contributed by atoms with Crippen LogP contribution in [0.5, 0.6) is 0 Å². The molecule has 24 heavy (non-hydrogen) atoms. The zero-order chi connectivity index (χ0) is 17.3. The molecule has 0 N–H and O–H groups in total. The van der Waals surface area contributed by atoms with Gasteiger partial charge in [-0.2, -0.15) is 0 Å². The molecule has 1 aromatic carbocycles. The van der Waals surface area contributed by atoms with Crippen LogP contribution in [0.1, 0.15) is 32.3 Å². The van der Waals surface area contributed by atoms with Crippen LogP contribution in [0.15, 0.2) is 34.8 Å². The number of ether oxygens (including phenoxy) is 2. The average molecular weight is 398 g/mol. The standard InChI is InChI=1S/C18H21BrFNO3/c1-18(2)23-15-6-4-3-5-9-21(17(22)16(15)24-18)11-12-10-13(20)7-8-14(12)19/h3-4,7-8,10,15-16H,5-6,9,11H2,1-2H3/b4-3-/t15-,16+/m1/s1. The Bertz CT molecular complexity index is 662. The average Bonchev–Trinajstić information content (AvgIpc) is 2.84. The van der Waals surface area contributed by atoms with E-state index in [1.807, 2.05) is 19.9 Å². The van der Waals surface area contributed by atoms with Crippen molar-refractivity contribution in [1.82, 2.24) is 4.90 Å². The monoisotopic (exact) mass is 397 g/mol. The highest BCUT2D eigenvalue weighted by Crippen LogP contribution is 2.32. The number of carbonyl (C=O) groups excluding carboxylic acids is 1. The predicted molar refractivity (Wildman–Crippen MR) is 91.7 cm³/mol. The van der Waals surface area contributed by atoms with Gasteiger partial charge in [0.15, 0.2) is 11.9 Å². The highest BCUT2D eigenvalue weighted by atomic mass is 79.9. The molecule has 0 unspecified atom stereocenters. The minimum atomic E-state index is -0.775. The van der Waals surface area contributed by atoms with Crippen LogP contribution in [0.3, 0.4) is 0 Å².